The van der Waals surface area contributed by atoms with Crippen molar-refractivity contribution >= 4 is 8.32 Å². The summed E-state index contributed by atoms with van der Waals surface area (Å²) in [5.41, 5.74) is 1.25. The van der Waals surface area contributed by atoms with E-state index in [-0.39, 0.29) is 0 Å². The van der Waals surface area contributed by atoms with Crippen molar-refractivity contribution in [3.05, 3.63) is 29.8 Å². The number of rotatable bonds is 5. The average molecular weight is 224 g/mol. The molecule has 15 heavy (non-hydrogen) atoms. The van der Waals surface area contributed by atoms with Gasteiger partial charge in [-0.1, -0.05) is 17.7 Å². The lowest BCUT2D eigenvalue weighted by Gasteiger charge is -2.17. The molecule has 0 amide bonds. The summed E-state index contributed by atoms with van der Waals surface area (Å²) in [6.07, 6.45) is 0. The lowest BCUT2D eigenvalue weighted by Crippen LogP contribution is -2.27. The van der Waals surface area contributed by atoms with E-state index in [0.29, 0.717) is 13.2 Å². The van der Waals surface area contributed by atoms with E-state index < -0.39 is 8.32 Å². The second kappa shape index (κ2) is 5.33. The molecule has 0 aromatic heterocycles. The van der Waals surface area contributed by atoms with Crippen LogP contribution in [0, 0.1) is 6.92 Å². The number of hydrogen-bond acceptors (Lipinski definition) is 2. The van der Waals surface area contributed by atoms with Crippen LogP contribution in [0.3, 0.4) is 0 Å². The fourth-order valence-electron chi connectivity index (χ4n) is 1.14. The van der Waals surface area contributed by atoms with E-state index in [0.717, 1.165) is 5.75 Å². The Labute approximate surface area is 93.4 Å². The Morgan fingerprint density at radius 3 is 2.13 bits per heavy atom. The van der Waals surface area contributed by atoms with Crippen molar-refractivity contribution in [3.63, 3.8) is 0 Å². The van der Waals surface area contributed by atoms with Gasteiger partial charge in [-0.25, -0.2) is 0 Å². The predicted octanol–water partition coefficient (Wildman–Crippen LogP) is 3.23. The molecule has 0 spiro atoms. The monoisotopic (exact) mass is 224 g/mol. The van der Waals surface area contributed by atoms with Gasteiger partial charge in [0.05, 0.1) is 6.61 Å². The van der Waals surface area contributed by atoms with Gasteiger partial charge in [0, 0.05) is 0 Å². The van der Waals surface area contributed by atoms with Crippen molar-refractivity contribution in [1.82, 2.24) is 0 Å². The highest BCUT2D eigenvalue weighted by molar-refractivity contribution is 6.69. The molecule has 84 valence electrons. The van der Waals surface area contributed by atoms with Gasteiger partial charge in [-0.05, 0) is 38.7 Å². The molecule has 3 heteroatoms. The Morgan fingerprint density at radius 2 is 1.60 bits per heavy atom. The molecule has 0 aliphatic rings. The van der Waals surface area contributed by atoms with Gasteiger partial charge in [-0.2, -0.15) is 0 Å². The molecule has 0 fully saturated rings. The minimum atomic E-state index is -1.38. The van der Waals surface area contributed by atoms with Gasteiger partial charge in [0.25, 0.3) is 0 Å². The zero-order valence-electron chi connectivity index (χ0n) is 10.0. The molecule has 0 unspecified atom stereocenters. The van der Waals surface area contributed by atoms with Gasteiger partial charge in [0.1, 0.15) is 12.4 Å². The van der Waals surface area contributed by atoms with E-state index in [2.05, 4.69) is 38.7 Å². The Bertz CT molecular complexity index is 287. The first kappa shape index (κ1) is 12.3. The van der Waals surface area contributed by atoms with Gasteiger partial charge >= 0.3 is 0 Å². The van der Waals surface area contributed by atoms with E-state index in [4.69, 9.17) is 9.16 Å². The van der Waals surface area contributed by atoms with Crippen LogP contribution in [0.1, 0.15) is 5.56 Å². The lowest BCUT2D eigenvalue weighted by molar-refractivity contribution is 0.212. The van der Waals surface area contributed by atoms with Gasteiger partial charge < -0.3 is 9.16 Å². The first-order valence-corrected chi connectivity index (χ1v) is 8.72. The molecular weight excluding hydrogens is 204 g/mol. The summed E-state index contributed by atoms with van der Waals surface area (Å²) >= 11 is 0. The molecule has 0 aliphatic heterocycles. The van der Waals surface area contributed by atoms with Crippen LogP contribution in [0.25, 0.3) is 0 Å². The smallest absolute Gasteiger partial charge is 0.183 e. The molecule has 0 saturated carbocycles. The summed E-state index contributed by atoms with van der Waals surface area (Å²) < 4.78 is 11.2. The molecule has 1 aromatic rings. The lowest BCUT2D eigenvalue weighted by atomic mass is 10.2. The predicted molar refractivity (Wildman–Crippen MR) is 66.0 cm³/mol. The van der Waals surface area contributed by atoms with Crippen molar-refractivity contribution in [2.24, 2.45) is 0 Å². The molecule has 0 saturated heterocycles. The van der Waals surface area contributed by atoms with Crippen LogP contribution in [-0.4, -0.2) is 21.5 Å². The summed E-state index contributed by atoms with van der Waals surface area (Å²) in [5.74, 6) is 0.916. The van der Waals surface area contributed by atoms with Crippen LogP contribution in [0.15, 0.2) is 24.3 Å². The summed E-state index contributed by atoms with van der Waals surface area (Å²) in [4.78, 5) is 0. The summed E-state index contributed by atoms with van der Waals surface area (Å²) in [6.45, 7) is 9.92. The van der Waals surface area contributed by atoms with Gasteiger partial charge in [-0.15, -0.1) is 0 Å². The van der Waals surface area contributed by atoms with Gasteiger partial charge in [-0.3, -0.25) is 0 Å². The van der Waals surface area contributed by atoms with E-state index in [1.54, 1.807) is 0 Å². The molecule has 0 N–H and O–H groups in total. The highest BCUT2D eigenvalue weighted by atomic mass is 28.4. The van der Waals surface area contributed by atoms with Crippen LogP contribution >= 0.6 is 0 Å². The zero-order chi connectivity index (χ0) is 11.3. The third-order valence-corrected chi connectivity index (χ3v) is 2.98. The maximum Gasteiger partial charge on any atom is 0.183 e. The van der Waals surface area contributed by atoms with Gasteiger partial charge in [0.2, 0.25) is 0 Å². The van der Waals surface area contributed by atoms with Crippen molar-refractivity contribution in [2.45, 2.75) is 26.6 Å². The highest BCUT2D eigenvalue weighted by Crippen LogP contribution is 2.11. The number of ether oxygens (including phenoxy) is 1. The molecule has 1 rings (SSSR count). The standard InChI is InChI=1S/C12H20O2Si/c1-11-5-7-12(8-6-11)13-9-10-14-15(2,3)4/h5-8H,9-10H2,1-4H3. The van der Waals surface area contributed by atoms with Crippen LogP contribution in [0.4, 0.5) is 0 Å². The first-order chi connectivity index (χ1) is 6.97. The molecule has 0 aliphatic carbocycles. The topological polar surface area (TPSA) is 18.5 Å². The van der Waals surface area contributed by atoms with E-state index >= 15 is 0 Å². The highest BCUT2D eigenvalue weighted by Gasteiger charge is 2.13. The Morgan fingerprint density at radius 1 is 1.00 bits per heavy atom. The maximum absolute atomic E-state index is 5.69. The van der Waals surface area contributed by atoms with Crippen LogP contribution in [-0.2, 0) is 4.43 Å². The van der Waals surface area contributed by atoms with E-state index in [1.807, 2.05) is 12.1 Å². The second-order valence-electron chi connectivity index (χ2n) is 4.62. The quantitative estimate of drug-likeness (QED) is 0.565. The molecule has 2 nitrogen and oxygen atoms in total. The second-order valence-corrected chi connectivity index (χ2v) is 9.14. The van der Waals surface area contributed by atoms with Crippen molar-refractivity contribution < 1.29 is 9.16 Å². The normalized spacial score (nSPS) is 11.5. The Hall–Kier alpha value is -0.803. The number of hydrogen-bond donors (Lipinski definition) is 0. The first-order valence-electron chi connectivity index (χ1n) is 5.31. The largest absolute Gasteiger partial charge is 0.491 e. The third-order valence-electron chi connectivity index (χ3n) is 1.91. The third kappa shape index (κ3) is 5.59. The minimum absolute atomic E-state index is 0.632. The molecule has 0 atom stereocenters. The van der Waals surface area contributed by atoms with Crippen LogP contribution < -0.4 is 4.74 Å². The van der Waals surface area contributed by atoms with E-state index in [1.165, 1.54) is 5.56 Å². The van der Waals surface area contributed by atoms with Crippen molar-refractivity contribution in [3.8, 4) is 5.75 Å². The Kier molecular flexibility index (Phi) is 4.36. The number of aryl methyl sites for hydroxylation is 1. The number of benzene rings is 1. The fraction of sp³-hybridized carbons (Fsp3) is 0.500. The van der Waals surface area contributed by atoms with Crippen LogP contribution in [0.2, 0.25) is 19.6 Å². The molecular formula is C12H20O2Si. The van der Waals surface area contributed by atoms with Gasteiger partial charge in [0.15, 0.2) is 8.32 Å². The molecule has 0 bridgehead atoms. The van der Waals surface area contributed by atoms with Crippen molar-refractivity contribution in [2.75, 3.05) is 13.2 Å². The van der Waals surface area contributed by atoms with E-state index in [9.17, 15) is 0 Å². The SMILES string of the molecule is Cc1ccc(OCCO[Si](C)(C)C)cc1. The molecule has 0 radical (unpaired) electrons. The summed E-state index contributed by atoms with van der Waals surface area (Å²) in [7, 11) is -1.38. The average Bonchev–Trinajstić information content (AvgIpc) is 2.14. The zero-order valence-corrected chi connectivity index (χ0v) is 11.0. The maximum atomic E-state index is 5.69. The molecule has 0 heterocycles. The van der Waals surface area contributed by atoms with Crippen LogP contribution in [0.5, 0.6) is 5.75 Å². The summed E-state index contributed by atoms with van der Waals surface area (Å²) in [5, 5.41) is 0. The molecule has 1 aromatic carbocycles. The fourth-order valence-corrected chi connectivity index (χ4v) is 1.84. The minimum Gasteiger partial charge on any atom is -0.491 e. The Balaban J connectivity index is 2.23. The van der Waals surface area contributed by atoms with Crippen molar-refractivity contribution in [1.29, 1.82) is 0 Å². The summed E-state index contributed by atoms with van der Waals surface area (Å²) in [6, 6.07) is 8.08.